The molecule has 0 bridgehead atoms. The van der Waals surface area contributed by atoms with Gasteiger partial charge >= 0.3 is 0 Å². The van der Waals surface area contributed by atoms with Crippen molar-refractivity contribution in [1.29, 1.82) is 0 Å². The van der Waals surface area contributed by atoms with Crippen molar-refractivity contribution in [2.45, 2.75) is 0 Å². The second-order valence-corrected chi connectivity index (χ2v) is 7.40. The first-order chi connectivity index (χ1) is 14.7. The Hall–Kier alpha value is -3.74. The van der Waals surface area contributed by atoms with Crippen molar-refractivity contribution >= 4 is 22.6 Å². The number of rotatable bonds is 4. The second kappa shape index (κ2) is 7.59. The molecule has 2 N–H and O–H groups in total. The smallest absolute Gasteiger partial charge is 0.256 e. The standard InChI is InChI=1S/C23H23N5O2/c1-30-17-8-6-16(7-9-17)21-14-22(26-25-21)27-10-12-28(13-11-27)23(29)19-15-24-20-5-3-2-4-18(19)20/h2-9,14-15,24H,10-13H2,1H3,(H,25,26). The van der Waals surface area contributed by atoms with Crippen LogP contribution in [0.2, 0.25) is 0 Å². The number of aromatic nitrogens is 3. The number of nitrogens with one attached hydrogen (secondary N) is 2. The van der Waals surface area contributed by atoms with Crippen molar-refractivity contribution < 1.29 is 9.53 Å². The molecule has 152 valence electrons. The Morgan fingerprint density at radius 3 is 2.57 bits per heavy atom. The Balaban J connectivity index is 1.26. The lowest BCUT2D eigenvalue weighted by Gasteiger charge is -2.34. The summed E-state index contributed by atoms with van der Waals surface area (Å²) in [5, 5.41) is 8.57. The van der Waals surface area contributed by atoms with Gasteiger partial charge in [-0.2, -0.15) is 5.10 Å². The van der Waals surface area contributed by atoms with Crippen LogP contribution in [0.15, 0.2) is 60.8 Å². The zero-order chi connectivity index (χ0) is 20.5. The zero-order valence-corrected chi connectivity index (χ0v) is 16.8. The Morgan fingerprint density at radius 2 is 1.80 bits per heavy atom. The number of benzene rings is 2. The molecule has 30 heavy (non-hydrogen) atoms. The molecule has 1 saturated heterocycles. The van der Waals surface area contributed by atoms with Crippen molar-refractivity contribution in [3.05, 3.63) is 66.4 Å². The zero-order valence-electron chi connectivity index (χ0n) is 16.8. The van der Waals surface area contributed by atoms with Crippen molar-refractivity contribution in [1.82, 2.24) is 20.1 Å². The Labute approximate surface area is 174 Å². The number of carbonyl (C=O) groups excluding carboxylic acids is 1. The maximum absolute atomic E-state index is 13.0. The van der Waals surface area contributed by atoms with Gasteiger partial charge in [-0.1, -0.05) is 18.2 Å². The number of anilines is 1. The van der Waals surface area contributed by atoms with Gasteiger partial charge in [-0.25, -0.2) is 0 Å². The van der Waals surface area contributed by atoms with Crippen LogP contribution in [0.3, 0.4) is 0 Å². The molecule has 1 fully saturated rings. The van der Waals surface area contributed by atoms with Crippen LogP contribution in [0.5, 0.6) is 5.75 Å². The van der Waals surface area contributed by atoms with E-state index >= 15 is 0 Å². The molecule has 1 aliphatic rings. The van der Waals surface area contributed by atoms with Gasteiger partial charge in [-0.3, -0.25) is 9.89 Å². The SMILES string of the molecule is COc1ccc(-c2cc(N3CCN(C(=O)c4c[nH]c5ccccc45)CC3)n[nH]2)cc1. The number of hydrogen-bond donors (Lipinski definition) is 2. The number of aromatic amines is 2. The van der Waals surface area contributed by atoms with Gasteiger partial charge in [-0.15, -0.1) is 0 Å². The van der Waals surface area contributed by atoms with E-state index < -0.39 is 0 Å². The summed E-state index contributed by atoms with van der Waals surface area (Å²) < 4.78 is 5.22. The summed E-state index contributed by atoms with van der Waals surface area (Å²) in [6.07, 6.45) is 1.81. The molecule has 5 rings (SSSR count). The van der Waals surface area contributed by atoms with Gasteiger partial charge in [-0.05, 0) is 35.9 Å². The molecule has 4 aromatic rings. The van der Waals surface area contributed by atoms with Crippen molar-refractivity contribution in [3.8, 4) is 17.0 Å². The number of ether oxygens (including phenoxy) is 1. The van der Waals surface area contributed by atoms with Crippen LogP contribution in [0, 0.1) is 0 Å². The molecular weight excluding hydrogens is 378 g/mol. The first-order valence-corrected chi connectivity index (χ1v) is 10.0. The van der Waals surface area contributed by atoms with E-state index in [9.17, 15) is 4.79 Å². The van der Waals surface area contributed by atoms with Gasteiger partial charge in [0, 0.05) is 49.3 Å². The summed E-state index contributed by atoms with van der Waals surface area (Å²) in [6, 6.07) is 17.8. The van der Waals surface area contributed by atoms with E-state index in [0.29, 0.717) is 13.1 Å². The van der Waals surface area contributed by atoms with E-state index in [1.54, 1.807) is 7.11 Å². The highest BCUT2D eigenvalue weighted by Gasteiger charge is 2.25. The quantitative estimate of drug-likeness (QED) is 0.548. The largest absolute Gasteiger partial charge is 0.497 e. The molecule has 1 amide bonds. The average Bonchev–Trinajstić information content (AvgIpc) is 3.47. The van der Waals surface area contributed by atoms with Gasteiger partial charge in [0.1, 0.15) is 5.75 Å². The molecule has 3 heterocycles. The number of para-hydroxylation sites is 1. The topological polar surface area (TPSA) is 77.2 Å². The fourth-order valence-electron chi connectivity index (χ4n) is 3.95. The summed E-state index contributed by atoms with van der Waals surface area (Å²) >= 11 is 0. The van der Waals surface area contributed by atoms with E-state index in [2.05, 4.69) is 26.1 Å². The minimum atomic E-state index is 0.0769. The van der Waals surface area contributed by atoms with Crippen LogP contribution in [0.25, 0.3) is 22.2 Å². The highest BCUT2D eigenvalue weighted by atomic mass is 16.5. The number of amides is 1. The van der Waals surface area contributed by atoms with Gasteiger partial charge in [0.25, 0.3) is 5.91 Å². The third kappa shape index (κ3) is 3.28. The third-order valence-corrected chi connectivity index (χ3v) is 5.68. The summed E-state index contributed by atoms with van der Waals surface area (Å²) in [5.41, 5.74) is 3.75. The predicted molar refractivity (Wildman–Crippen MR) is 117 cm³/mol. The molecule has 1 aliphatic heterocycles. The van der Waals surface area contributed by atoms with Gasteiger partial charge in [0.2, 0.25) is 0 Å². The lowest BCUT2D eigenvalue weighted by molar-refractivity contribution is 0.0748. The molecule has 0 spiro atoms. The first-order valence-electron chi connectivity index (χ1n) is 10.0. The molecule has 2 aromatic carbocycles. The maximum atomic E-state index is 13.0. The van der Waals surface area contributed by atoms with Crippen LogP contribution in [-0.4, -0.2) is 59.3 Å². The van der Waals surface area contributed by atoms with Crippen LogP contribution in [0.1, 0.15) is 10.4 Å². The first kappa shape index (κ1) is 18.3. The van der Waals surface area contributed by atoms with E-state index in [0.717, 1.165) is 52.4 Å². The molecule has 2 aromatic heterocycles. The summed E-state index contributed by atoms with van der Waals surface area (Å²) in [6.45, 7) is 2.84. The molecule has 0 atom stereocenters. The average molecular weight is 401 g/mol. The van der Waals surface area contributed by atoms with E-state index in [1.165, 1.54) is 0 Å². The molecular formula is C23H23N5O2. The normalized spacial score (nSPS) is 14.3. The number of carbonyl (C=O) groups is 1. The minimum absolute atomic E-state index is 0.0769. The van der Waals surface area contributed by atoms with Crippen LogP contribution in [0.4, 0.5) is 5.82 Å². The van der Waals surface area contributed by atoms with Gasteiger partial charge < -0.3 is 19.5 Å². The highest BCUT2D eigenvalue weighted by molar-refractivity contribution is 6.06. The molecule has 0 aliphatic carbocycles. The number of methoxy groups -OCH3 is 1. The molecule has 7 heteroatoms. The fraction of sp³-hybridized carbons (Fsp3) is 0.217. The van der Waals surface area contributed by atoms with Crippen LogP contribution in [-0.2, 0) is 0 Å². The molecule has 0 saturated carbocycles. The Morgan fingerprint density at radius 1 is 1.03 bits per heavy atom. The maximum Gasteiger partial charge on any atom is 0.256 e. The lowest BCUT2D eigenvalue weighted by atomic mass is 10.1. The summed E-state index contributed by atoms with van der Waals surface area (Å²) in [5.74, 6) is 1.81. The summed E-state index contributed by atoms with van der Waals surface area (Å²) in [7, 11) is 1.66. The van der Waals surface area contributed by atoms with Crippen LogP contribution < -0.4 is 9.64 Å². The fourth-order valence-corrected chi connectivity index (χ4v) is 3.95. The van der Waals surface area contributed by atoms with Crippen LogP contribution >= 0.6 is 0 Å². The third-order valence-electron chi connectivity index (χ3n) is 5.68. The highest BCUT2D eigenvalue weighted by Crippen LogP contribution is 2.25. The van der Waals surface area contributed by atoms with E-state index in [4.69, 9.17) is 4.74 Å². The van der Waals surface area contributed by atoms with E-state index in [1.807, 2.05) is 59.6 Å². The van der Waals surface area contributed by atoms with Gasteiger partial charge in [0.15, 0.2) is 5.82 Å². The number of piperazine rings is 1. The minimum Gasteiger partial charge on any atom is -0.497 e. The Bertz CT molecular complexity index is 1170. The predicted octanol–water partition coefficient (Wildman–Crippen LogP) is 3.53. The number of nitrogens with zero attached hydrogens (tertiary/aromatic N) is 3. The molecule has 0 radical (unpaired) electrons. The Kier molecular flexibility index (Phi) is 4.63. The van der Waals surface area contributed by atoms with Crippen molar-refractivity contribution in [2.75, 3.05) is 38.2 Å². The van der Waals surface area contributed by atoms with E-state index in [-0.39, 0.29) is 5.91 Å². The monoisotopic (exact) mass is 401 g/mol. The number of H-pyrrole nitrogens is 2. The molecule has 7 nitrogen and oxygen atoms in total. The number of fused-ring (bicyclic) bond motifs is 1. The van der Waals surface area contributed by atoms with Gasteiger partial charge in [0.05, 0.1) is 18.4 Å². The molecule has 0 unspecified atom stereocenters. The number of hydrogen-bond acceptors (Lipinski definition) is 4. The summed E-state index contributed by atoms with van der Waals surface area (Å²) in [4.78, 5) is 20.3. The van der Waals surface area contributed by atoms with Crippen molar-refractivity contribution in [2.24, 2.45) is 0 Å². The lowest BCUT2D eigenvalue weighted by Crippen LogP contribution is -2.48. The second-order valence-electron chi connectivity index (χ2n) is 7.40. The van der Waals surface area contributed by atoms with Crippen molar-refractivity contribution in [3.63, 3.8) is 0 Å².